The topological polar surface area (TPSA) is 35.2 Å². The van der Waals surface area contributed by atoms with Gasteiger partial charge in [-0.15, -0.1) is 0 Å². The minimum Gasteiger partial charge on any atom is -0.381 e. The van der Waals surface area contributed by atoms with E-state index in [1.54, 1.807) is 0 Å². The number of hydrogen-bond acceptors (Lipinski definition) is 2. The van der Waals surface area contributed by atoms with E-state index in [1.165, 1.54) is 6.42 Å². The number of fused-ring (bicyclic) bond motifs is 1. The van der Waals surface area contributed by atoms with Crippen LogP contribution in [0.2, 0.25) is 0 Å². The van der Waals surface area contributed by atoms with Crippen LogP contribution in [0.4, 0.5) is 0 Å². The van der Waals surface area contributed by atoms with Gasteiger partial charge in [-0.05, 0) is 12.3 Å². The van der Waals surface area contributed by atoms with Crippen molar-refractivity contribution >= 4 is 0 Å². The number of ether oxygens (including phenoxy) is 1. The summed E-state index contributed by atoms with van der Waals surface area (Å²) in [5.74, 6) is 1.54. The summed E-state index contributed by atoms with van der Waals surface area (Å²) in [5.41, 5.74) is 5.68. The van der Waals surface area contributed by atoms with Crippen LogP contribution >= 0.6 is 0 Å². The van der Waals surface area contributed by atoms with Crippen molar-refractivity contribution in [1.82, 2.24) is 0 Å². The minimum atomic E-state index is 0.461. The van der Waals surface area contributed by atoms with E-state index in [9.17, 15) is 0 Å². The highest BCUT2D eigenvalue weighted by Gasteiger charge is 2.42. The first-order valence-electron chi connectivity index (χ1n) is 3.21. The van der Waals surface area contributed by atoms with Crippen LogP contribution in [0.25, 0.3) is 0 Å². The van der Waals surface area contributed by atoms with E-state index < -0.39 is 0 Å². The summed E-state index contributed by atoms with van der Waals surface area (Å²) < 4.78 is 5.22. The fraction of sp³-hybridized carbons (Fsp3) is 1.00. The fourth-order valence-corrected chi connectivity index (χ4v) is 1.66. The molecule has 3 atom stereocenters. The highest BCUT2D eigenvalue weighted by Crippen LogP contribution is 2.37. The number of nitrogens with two attached hydrogens (primary N) is 1. The van der Waals surface area contributed by atoms with Gasteiger partial charge in [0.1, 0.15) is 0 Å². The van der Waals surface area contributed by atoms with Crippen molar-refractivity contribution in [3.8, 4) is 0 Å². The first kappa shape index (κ1) is 4.77. The molecule has 1 saturated carbocycles. The molecule has 2 heteroatoms. The zero-order chi connectivity index (χ0) is 5.56. The molecular weight excluding hydrogens is 102 g/mol. The largest absolute Gasteiger partial charge is 0.381 e. The fourth-order valence-electron chi connectivity index (χ4n) is 1.66. The standard InChI is InChI=1S/C6H11NO/c7-6-1-4-2-8-3-5(4)6/h4-6H,1-3,7H2/t4-,5+,6-/m1/s1. The van der Waals surface area contributed by atoms with E-state index in [0.29, 0.717) is 6.04 Å². The third-order valence-corrected chi connectivity index (χ3v) is 2.37. The van der Waals surface area contributed by atoms with Crippen LogP contribution in [-0.2, 0) is 4.74 Å². The maximum absolute atomic E-state index is 5.68. The Labute approximate surface area is 49.0 Å². The smallest absolute Gasteiger partial charge is 0.0512 e. The van der Waals surface area contributed by atoms with Crippen molar-refractivity contribution in [1.29, 1.82) is 0 Å². The second kappa shape index (κ2) is 1.45. The molecule has 8 heavy (non-hydrogen) atoms. The molecule has 1 saturated heterocycles. The van der Waals surface area contributed by atoms with Crippen molar-refractivity contribution in [3.05, 3.63) is 0 Å². The second-order valence-corrected chi connectivity index (χ2v) is 2.86. The second-order valence-electron chi connectivity index (χ2n) is 2.86. The van der Waals surface area contributed by atoms with Gasteiger partial charge < -0.3 is 10.5 Å². The van der Waals surface area contributed by atoms with Gasteiger partial charge in [0.15, 0.2) is 0 Å². The van der Waals surface area contributed by atoms with Crippen LogP contribution in [0.3, 0.4) is 0 Å². The van der Waals surface area contributed by atoms with Crippen LogP contribution in [0.15, 0.2) is 0 Å². The Morgan fingerprint density at radius 2 is 2.25 bits per heavy atom. The Bertz CT molecular complexity index is 105. The normalized spacial score (nSPS) is 52.9. The molecule has 1 heterocycles. The molecule has 0 radical (unpaired) electrons. The molecule has 1 aliphatic heterocycles. The van der Waals surface area contributed by atoms with Gasteiger partial charge in [0.25, 0.3) is 0 Å². The lowest BCUT2D eigenvalue weighted by Gasteiger charge is -2.35. The summed E-state index contributed by atoms with van der Waals surface area (Å²) in [6, 6.07) is 0.461. The molecule has 0 aromatic carbocycles. The molecule has 1 aliphatic carbocycles. The van der Waals surface area contributed by atoms with E-state index >= 15 is 0 Å². The summed E-state index contributed by atoms with van der Waals surface area (Å²) in [4.78, 5) is 0. The Balaban J connectivity index is 2.02. The lowest BCUT2D eigenvalue weighted by molar-refractivity contribution is 0.185. The maximum atomic E-state index is 5.68. The average Bonchev–Trinajstić information content (AvgIpc) is 2.09. The molecule has 0 amide bonds. The highest BCUT2D eigenvalue weighted by molar-refractivity contribution is 4.94. The van der Waals surface area contributed by atoms with Gasteiger partial charge in [-0.3, -0.25) is 0 Å². The first-order valence-corrected chi connectivity index (χ1v) is 3.21. The molecule has 2 aliphatic rings. The van der Waals surface area contributed by atoms with E-state index in [1.807, 2.05) is 0 Å². The predicted octanol–water partition coefficient (Wildman–Crippen LogP) is -0.0200. The van der Waals surface area contributed by atoms with Gasteiger partial charge in [0.2, 0.25) is 0 Å². The zero-order valence-electron chi connectivity index (χ0n) is 4.84. The first-order chi connectivity index (χ1) is 3.88. The van der Waals surface area contributed by atoms with Gasteiger partial charge in [-0.25, -0.2) is 0 Å². The molecule has 0 aromatic rings. The van der Waals surface area contributed by atoms with Crippen molar-refractivity contribution in [2.24, 2.45) is 17.6 Å². The van der Waals surface area contributed by atoms with E-state index in [0.717, 1.165) is 25.0 Å². The van der Waals surface area contributed by atoms with Crippen molar-refractivity contribution in [2.45, 2.75) is 12.5 Å². The molecule has 0 spiro atoms. The molecule has 2 N–H and O–H groups in total. The third kappa shape index (κ3) is 0.446. The van der Waals surface area contributed by atoms with Crippen molar-refractivity contribution in [2.75, 3.05) is 13.2 Å². The summed E-state index contributed by atoms with van der Waals surface area (Å²) >= 11 is 0. The van der Waals surface area contributed by atoms with Crippen LogP contribution in [0, 0.1) is 11.8 Å². The van der Waals surface area contributed by atoms with Crippen LogP contribution in [-0.4, -0.2) is 19.3 Å². The van der Waals surface area contributed by atoms with Crippen molar-refractivity contribution < 1.29 is 4.74 Å². The molecule has 2 fully saturated rings. The predicted molar refractivity (Wildman–Crippen MR) is 30.4 cm³/mol. The maximum Gasteiger partial charge on any atom is 0.0512 e. The molecule has 0 unspecified atom stereocenters. The van der Waals surface area contributed by atoms with Crippen LogP contribution < -0.4 is 5.73 Å². The number of hydrogen-bond donors (Lipinski definition) is 1. The van der Waals surface area contributed by atoms with Gasteiger partial charge >= 0.3 is 0 Å². The molecule has 46 valence electrons. The van der Waals surface area contributed by atoms with Crippen LogP contribution in [0.1, 0.15) is 6.42 Å². The quantitative estimate of drug-likeness (QED) is 0.479. The summed E-state index contributed by atoms with van der Waals surface area (Å²) in [6.45, 7) is 1.89. The van der Waals surface area contributed by atoms with E-state index in [4.69, 9.17) is 10.5 Å². The monoisotopic (exact) mass is 113 g/mol. The Morgan fingerprint density at radius 1 is 1.38 bits per heavy atom. The van der Waals surface area contributed by atoms with Gasteiger partial charge in [-0.2, -0.15) is 0 Å². The van der Waals surface area contributed by atoms with Crippen LogP contribution in [0.5, 0.6) is 0 Å². The lowest BCUT2D eigenvalue weighted by atomic mass is 9.72. The molecule has 0 aromatic heterocycles. The molecule has 2 rings (SSSR count). The van der Waals surface area contributed by atoms with Crippen molar-refractivity contribution in [3.63, 3.8) is 0 Å². The third-order valence-electron chi connectivity index (χ3n) is 2.37. The lowest BCUT2D eigenvalue weighted by Crippen LogP contribution is -2.46. The highest BCUT2D eigenvalue weighted by atomic mass is 16.5. The molecule has 0 bridgehead atoms. The molecular formula is C6H11NO. The van der Waals surface area contributed by atoms with Gasteiger partial charge in [-0.1, -0.05) is 0 Å². The van der Waals surface area contributed by atoms with E-state index in [2.05, 4.69) is 0 Å². The zero-order valence-corrected chi connectivity index (χ0v) is 4.84. The Hall–Kier alpha value is -0.0800. The molecule has 2 nitrogen and oxygen atoms in total. The number of rotatable bonds is 0. The minimum absolute atomic E-state index is 0.461. The Kier molecular flexibility index (Phi) is 0.866. The van der Waals surface area contributed by atoms with Gasteiger partial charge in [0.05, 0.1) is 6.61 Å². The average molecular weight is 113 g/mol. The Morgan fingerprint density at radius 3 is 2.75 bits per heavy atom. The van der Waals surface area contributed by atoms with Gasteiger partial charge in [0, 0.05) is 18.6 Å². The van der Waals surface area contributed by atoms with E-state index in [-0.39, 0.29) is 0 Å². The summed E-state index contributed by atoms with van der Waals surface area (Å²) in [7, 11) is 0. The SMILES string of the molecule is N[C@@H]1C[C@@H]2COC[C@@H]21. The summed E-state index contributed by atoms with van der Waals surface area (Å²) in [5, 5.41) is 0. The summed E-state index contributed by atoms with van der Waals surface area (Å²) in [6.07, 6.45) is 1.20.